The lowest BCUT2D eigenvalue weighted by Gasteiger charge is -2.17. The van der Waals surface area contributed by atoms with E-state index in [1.807, 2.05) is 54.8 Å². The Morgan fingerprint density at radius 1 is 1.14 bits per heavy atom. The molecule has 2 aromatic carbocycles. The first-order chi connectivity index (χ1) is 10.2. The van der Waals surface area contributed by atoms with Gasteiger partial charge in [0.15, 0.2) is 0 Å². The van der Waals surface area contributed by atoms with Crippen molar-refractivity contribution in [1.82, 2.24) is 0 Å². The molecule has 1 amide bonds. The van der Waals surface area contributed by atoms with Crippen LogP contribution in [0.2, 0.25) is 5.02 Å². The van der Waals surface area contributed by atoms with Gasteiger partial charge in [-0.05, 0) is 48.9 Å². The van der Waals surface area contributed by atoms with Crippen LogP contribution in [0.15, 0.2) is 53.4 Å². The highest BCUT2D eigenvalue weighted by molar-refractivity contribution is 7.98. The fraction of sp³-hybridized carbons (Fsp3) is 0.235. The molecule has 1 aliphatic carbocycles. The molecule has 0 spiro atoms. The largest absolute Gasteiger partial charge is 0.324 e. The highest BCUT2D eigenvalue weighted by Gasteiger charge is 2.51. The molecule has 108 valence electrons. The number of hydrogen-bond acceptors (Lipinski definition) is 2. The van der Waals surface area contributed by atoms with Crippen LogP contribution in [0.25, 0.3) is 0 Å². The van der Waals surface area contributed by atoms with Gasteiger partial charge in [0.1, 0.15) is 0 Å². The third-order valence-electron chi connectivity index (χ3n) is 3.94. The number of carbonyl (C=O) groups is 1. The molecule has 0 radical (unpaired) electrons. The van der Waals surface area contributed by atoms with Crippen LogP contribution in [0.3, 0.4) is 0 Å². The topological polar surface area (TPSA) is 29.1 Å². The quantitative estimate of drug-likeness (QED) is 0.826. The van der Waals surface area contributed by atoms with E-state index in [1.165, 1.54) is 0 Å². The van der Waals surface area contributed by atoms with Gasteiger partial charge in [-0.15, -0.1) is 11.8 Å². The molecule has 0 aliphatic heterocycles. The summed E-state index contributed by atoms with van der Waals surface area (Å²) in [5.41, 5.74) is 1.55. The second-order valence-corrected chi connectivity index (χ2v) is 6.53. The number of rotatable bonds is 4. The lowest BCUT2D eigenvalue weighted by atomic mass is 9.95. The normalized spacial score (nSPS) is 15.5. The number of nitrogens with one attached hydrogen (secondary N) is 1. The van der Waals surface area contributed by atoms with Gasteiger partial charge in [-0.1, -0.05) is 35.9 Å². The molecule has 0 saturated heterocycles. The average molecular weight is 318 g/mol. The molecule has 1 fully saturated rings. The van der Waals surface area contributed by atoms with Crippen molar-refractivity contribution in [1.29, 1.82) is 0 Å². The fourth-order valence-corrected chi connectivity index (χ4v) is 3.21. The van der Waals surface area contributed by atoms with E-state index in [1.54, 1.807) is 11.8 Å². The Balaban J connectivity index is 1.83. The van der Waals surface area contributed by atoms with Gasteiger partial charge in [-0.2, -0.15) is 0 Å². The number of amides is 1. The smallest absolute Gasteiger partial charge is 0.235 e. The third kappa shape index (κ3) is 2.81. The van der Waals surface area contributed by atoms with Gasteiger partial charge in [-0.3, -0.25) is 4.79 Å². The van der Waals surface area contributed by atoms with Gasteiger partial charge in [0, 0.05) is 9.92 Å². The molecule has 1 saturated carbocycles. The van der Waals surface area contributed by atoms with Crippen LogP contribution in [0.1, 0.15) is 18.4 Å². The molecule has 2 aromatic rings. The zero-order valence-corrected chi connectivity index (χ0v) is 13.3. The average Bonchev–Trinajstić information content (AvgIpc) is 3.30. The van der Waals surface area contributed by atoms with Crippen LogP contribution in [-0.2, 0) is 10.2 Å². The molecule has 2 nitrogen and oxygen atoms in total. The summed E-state index contributed by atoms with van der Waals surface area (Å²) in [5.74, 6) is 0.0753. The second kappa shape index (κ2) is 5.74. The van der Waals surface area contributed by atoms with Gasteiger partial charge >= 0.3 is 0 Å². The molecule has 0 unspecified atom stereocenters. The first-order valence-electron chi connectivity index (χ1n) is 6.86. The molecule has 4 heteroatoms. The maximum absolute atomic E-state index is 12.7. The highest BCUT2D eigenvalue weighted by Crippen LogP contribution is 2.49. The van der Waals surface area contributed by atoms with E-state index in [0.717, 1.165) is 29.0 Å². The summed E-state index contributed by atoms with van der Waals surface area (Å²) in [6.45, 7) is 0. The van der Waals surface area contributed by atoms with Crippen molar-refractivity contribution in [3.8, 4) is 0 Å². The van der Waals surface area contributed by atoms with Crippen molar-refractivity contribution in [2.24, 2.45) is 0 Å². The van der Waals surface area contributed by atoms with Crippen molar-refractivity contribution in [3.05, 3.63) is 59.1 Å². The number of benzene rings is 2. The molecule has 1 aliphatic rings. The van der Waals surface area contributed by atoms with E-state index < -0.39 is 0 Å². The summed E-state index contributed by atoms with van der Waals surface area (Å²) in [7, 11) is 0. The van der Waals surface area contributed by atoms with E-state index >= 15 is 0 Å². The first-order valence-corrected chi connectivity index (χ1v) is 8.46. The maximum atomic E-state index is 12.7. The third-order valence-corrected chi connectivity index (χ3v) is 4.98. The van der Waals surface area contributed by atoms with Crippen LogP contribution in [-0.4, -0.2) is 12.2 Å². The van der Waals surface area contributed by atoms with E-state index in [0.29, 0.717) is 5.02 Å². The van der Waals surface area contributed by atoms with Crippen molar-refractivity contribution < 1.29 is 4.79 Å². The number of para-hydroxylation sites is 1. The Morgan fingerprint density at radius 2 is 1.81 bits per heavy atom. The molecule has 0 bridgehead atoms. The lowest BCUT2D eigenvalue weighted by Crippen LogP contribution is -2.28. The van der Waals surface area contributed by atoms with E-state index in [9.17, 15) is 4.79 Å². The number of hydrogen-bond donors (Lipinski definition) is 1. The highest BCUT2D eigenvalue weighted by atomic mass is 35.5. The minimum absolute atomic E-state index is 0.0753. The van der Waals surface area contributed by atoms with Crippen molar-refractivity contribution >= 4 is 35.0 Å². The Kier molecular flexibility index (Phi) is 3.96. The summed E-state index contributed by atoms with van der Waals surface area (Å²) in [5, 5.41) is 3.78. The SMILES string of the molecule is CSc1ccccc1NC(=O)C1(c2ccc(Cl)cc2)CC1. The second-order valence-electron chi connectivity index (χ2n) is 5.24. The van der Waals surface area contributed by atoms with E-state index in [-0.39, 0.29) is 11.3 Å². The fourth-order valence-electron chi connectivity index (χ4n) is 2.53. The summed E-state index contributed by atoms with van der Waals surface area (Å²) in [6, 6.07) is 15.5. The Bertz CT molecular complexity index is 665. The molecule has 0 aromatic heterocycles. The van der Waals surface area contributed by atoms with Crippen molar-refractivity contribution in [2.45, 2.75) is 23.2 Å². The Labute approximate surface area is 133 Å². The molecule has 1 N–H and O–H groups in total. The van der Waals surface area contributed by atoms with Gasteiger partial charge < -0.3 is 5.32 Å². The van der Waals surface area contributed by atoms with Crippen LogP contribution in [0.5, 0.6) is 0 Å². The summed E-state index contributed by atoms with van der Waals surface area (Å²) in [6.07, 6.45) is 3.79. The number of anilines is 1. The number of carbonyl (C=O) groups excluding carboxylic acids is 1. The first kappa shape index (κ1) is 14.5. The lowest BCUT2D eigenvalue weighted by molar-refractivity contribution is -0.118. The monoisotopic (exact) mass is 317 g/mol. The zero-order chi connectivity index (χ0) is 14.9. The molecule has 21 heavy (non-hydrogen) atoms. The zero-order valence-electron chi connectivity index (χ0n) is 11.7. The molecular weight excluding hydrogens is 302 g/mol. The summed E-state index contributed by atoms with van der Waals surface area (Å²) in [4.78, 5) is 13.8. The minimum atomic E-state index is -0.379. The van der Waals surface area contributed by atoms with Gasteiger partial charge in [0.25, 0.3) is 0 Å². The molecule has 3 rings (SSSR count). The predicted molar refractivity (Wildman–Crippen MR) is 89.2 cm³/mol. The Morgan fingerprint density at radius 3 is 2.43 bits per heavy atom. The Hall–Kier alpha value is -1.45. The van der Waals surface area contributed by atoms with Crippen molar-refractivity contribution in [2.75, 3.05) is 11.6 Å². The van der Waals surface area contributed by atoms with Gasteiger partial charge in [-0.25, -0.2) is 0 Å². The predicted octanol–water partition coefficient (Wildman–Crippen LogP) is 4.73. The van der Waals surface area contributed by atoms with Crippen LogP contribution in [0.4, 0.5) is 5.69 Å². The van der Waals surface area contributed by atoms with Crippen LogP contribution in [0, 0.1) is 0 Å². The summed E-state index contributed by atoms with van der Waals surface area (Å²) >= 11 is 7.56. The maximum Gasteiger partial charge on any atom is 0.235 e. The minimum Gasteiger partial charge on any atom is -0.324 e. The van der Waals surface area contributed by atoms with Gasteiger partial charge in [0.05, 0.1) is 11.1 Å². The van der Waals surface area contributed by atoms with Crippen LogP contribution < -0.4 is 5.32 Å². The standard InChI is InChI=1S/C17H16ClNOS/c1-21-15-5-3-2-4-14(15)19-16(20)17(10-11-17)12-6-8-13(18)9-7-12/h2-9H,10-11H2,1H3,(H,19,20). The van der Waals surface area contributed by atoms with Crippen LogP contribution >= 0.6 is 23.4 Å². The van der Waals surface area contributed by atoms with E-state index in [2.05, 4.69) is 5.32 Å². The molecular formula is C17H16ClNOS. The molecule has 0 heterocycles. The van der Waals surface area contributed by atoms with Crippen molar-refractivity contribution in [3.63, 3.8) is 0 Å². The summed E-state index contributed by atoms with van der Waals surface area (Å²) < 4.78 is 0. The number of halogens is 1. The molecule has 0 atom stereocenters. The number of thioether (sulfide) groups is 1. The van der Waals surface area contributed by atoms with Gasteiger partial charge in [0.2, 0.25) is 5.91 Å². The van der Waals surface area contributed by atoms with E-state index in [4.69, 9.17) is 11.6 Å².